The lowest BCUT2D eigenvalue weighted by Gasteiger charge is -2.33. The van der Waals surface area contributed by atoms with Crippen molar-refractivity contribution in [3.8, 4) is 5.75 Å². The summed E-state index contributed by atoms with van der Waals surface area (Å²) in [5.74, 6) is 0.734. The third kappa shape index (κ3) is 2.99. The lowest BCUT2D eigenvalue weighted by molar-refractivity contribution is -0.135. The predicted molar refractivity (Wildman–Crippen MR) is 89.8 cm³/mol. The van der Waals surface area contributed by atoms with Crippen molar-refractivity contribution in [3.05, 3.63) is 50.7 Å². The first kappa shape index (κ1) is 15.4. The van der Waals surface area contributed by atoms with Crippen molar-refractivity contribution in [3.63, 3.8) is 0 Å². The van der Waals surface area contributed by atoms with Crippen molar-refractivity contribution in [2.24, 2.45) is 0 Å². The molecule has 0 unspecified atom stereocenters. The number of nitrogens with zero attached hydrogens (tertiary/aromatic N) is 1. The molecule has 116 valence electrons. The number of ether oxygens (including phenoxy) is 1. The smallest absolute Gasteiger partial charge is 0.261 e. The van der Waals surface area contributed by atoms with Gasteiger partial charge in [0.05, 0.1) is 6.04 Å². The molecule has 1 aliphatic rings. The van der Waals surface area contributed by atoms with E-state index in [1.165, 1.54) is 10.4 Å². The molecule has 1 atom stereocenters. The zero-order valence-corrected chi connectivity index (χ0v) is 14.2. The summed E-state index contributed by atoms with van der Waals surface area (Å²) in [7, 11) is 0. The highest BCUT2D eigenvalue weighted by atomic mass is 35.5. The van der Waals surface area contributed by atoms with Crippen molar-refractivity contribution in [2.45, 2.75) is 26.3 Å². The molecule has 3 rings (SSSR count). The van der Waals surface area contributed by atoms with E-state index in [0.717, 1.165) is 18.5 Å². The second-order valence-corrected chi connectivity index (χ2v) is 6.95. The van der Waals surface area contributed by atoms with Gasteiger partial charge in [0.2, 0.25) is 0 Å². The number of carbonyl (C=O) groups is 1. The Balaban J connectivity index is 1.65. The topological polar surface area (TPSA) is 29.5 Å². The van der Waals surface area contributed by atoms with Crippen molar-refractivity contribution < 1.29 is 9.53 Å². The number of amides is 1. The molecule has 0 fully saturated rings. The second-order valence-electron chi connectivity index (χ2n) is 5.51. The van der Waals surface area contributed by atoms with Gasteiger partial charge < -0.3 is 9.64 Å². The van der Waals surface area contributed by atoms with Crippen LogP contribution in [0.15, 0.2) is 29.6 Å². The van der Waals surface area contributed by atoms with Crippen LogP contribution in [-0.4, -0.2) is 24.0 Å². The molecule has 1 amide bonds. The van der Waals surface area contributed by atoms with Crippen LogP contribution in [0.4, 0.5) is 0 Å². The highest BCUT2D eigenvalue weighted by Gasteiger charge is 2.28. The molecular formula is C17H18ClNO2S. The van der Waals surface area contributed by atoms with Crippen molar-refractivity contribution in [1.29, 1.82) is 0 Å². The van der Waals surface area contributed by atoms with Crippen LogP contribution in [0, 0.1) is 6.92 Å². The van der Waals surface area contributed by atoms with Gasteiger partial charge in [-0.3, -0.25) is 4.79 Å². The Morgan fingerprint density at radius 1 is 1.45 bits per heavy atom. The van der Waals surface area contributed by atoms with Crippen LogP contribution in [0.5, 0.6) is 5.75 Å². The predicted octanol–water partition coefficient (Wildman–Crippen LogP) is 4.23. The van der Waals surface area contributed by atoms with Crippen molar-refractivity contribution >= 4 is 28.8 Å². The molecule has 0 saturated heterocycles. The number of rotatable bonds is 3. The van der Waals surface area contributed by atoms with Crippen LogP contribution in [0.2, 0.25) is 5.02 Å². The third-order valence-electron chi connectivity index (χ3n) is 4.09. The Labute approximate surface area is 139 Å². The van der Waals surface area contributed by atoms with Crippen molar-refractivity contribution in [1.82, 2.24) is 4.90 Å². The number of benzene rings is 1. The first-order valence-corrected chi connectivity index (χ1v) is 8.56. The number of hydrogen-bond donors (Lipinski definition) is 0. The summed E-state index contributed by atoms with van der Waals surface area (Å²) in [6, 6.07) is 7.66. The zero-order valence-electron chi connectivity index (χ0n) is 12.6. The Hall–Kier alpha value is -1.52. The maximum absolute atomic E-state index is 12.5. The highest BCUT2D eigenvalue weighted by Crippen LogP contribution is 2.32. The number of carbonyl (C=O) groups excluding carboxylic acids is 1. The molecule has 0 N–H and O–H groups in total. The quantitative estimate of drug-likeness (QED) is 0.839. The fourth-order valence-corrected chi connectivity index (χ4v) is 4.04. The second kappa shape index (κ2) is 6.31. The van der Waals surface area contributed by atoms with Crippen molar-refractivity contribution in [2.75, 3.05) is 13.2 Å². The van der Waals surface area contributed by atoms with Crippen LogP contribution in [0.25, 0.3) is 0 Å². The summed E-state index contributed by atoms with van der Waals surface area (Å²) in [5, 5.41) is 2.77. The molecule has 22 heavy (non-hydrogen) atoms. The van der Waals surface area contributed by atoms with Gasteiger partial charge in [-0.05, 0) is 61.0 Å². The van der Waals surface area contributed by atoms with Gasteiger partial charge in [-0.15, -0.1) is 11.3 Å². The lowest BCUT2D eigenvalue weighted by atomic mass is 10.0. The maximum atomic E-state index is 12.5. The summed E-state index contributed by atoms with van der Waals surface area (Å²) < 4.78 is 5.68. The largest absolute Gasteiger partial charge is 0.483 e. The Bertz CT molecular complexity index is 698. The summed E-state index contributed by atoms with van der Waals surface area (Å²) in [6.07, 6.45) is 0.934. The Morgan fingerprint density at radius 3 is 3.05 bits per heavy atom. The minimum Gasteiger partial charge on any atom is -0.483 e. The van der Waals surface area contributed by atoms with Crippen LogP contribution in [0.1, 0.15) is 29.0 Å². The summed E-state index contributed by atoms with van der Waals surface area (Å²) in [4.78, 5) is 15.8. The van der Waals surface area contributed by atoms with Crippen LogP contribution in [-0.2, 0) is 11.2 Å². The van der Waals surface area contributed by atoms with Gasteiger partial charge in [0, 0.05) is 16.4 Å². The first-order chi connectivity index (χ1) is 10.6. The molecule has 5 heteroatoms. The molecule has 2 aromatic rings. The van der Waals surface area contributed by atoms with Gasteiger partial charge in [-0.1, -0.05) is 11.6 Å². The standard InChI is InChI=1S/C17H18ClNO2S/c1-11-9-13(18)3-4-15(11)21-10-17(20)19-7-5-16-14(12(19)2)6-8-22-16/h3-4,6,8-9,12H,5,7,10H2,1-2H3/t12-/m0/s1. The summed E-state index contributed by atoms with van der Waals surface area (Å²) in [6.45, 7) is 4.83. The van der Waals surface area contributed by atoms with Gasteiger partial charge in [0.25, 0.3) is 5.91 Å². The molecule has 0 bridgehead atoms. The number of aryl methyl sites for hydroxylation is 1. The molecule has 0 spiro atoms. The fourth-order valence-electron chi connectivity index (χ4n) is 2.85. The van der Waals surface area contributed by atoms with E-state index in [9.17, 15) is 4.79 Å². The SMILES string of the molecule is Cc1cc(Cl)ccc1OCC(=O)N1CCc2sccc2[C@@H]1C. The Morgan fingerprint density at radius 2 is 2.27 bits per heavy atom. The molecule has 0 radical (unpaired) electrons. The fraction of sp³-hybridized carbons (Fsp3) is 0.353. The maximum Gasteiger partial charge on any atom is 0.261 e. The average molecular weight is 336 g/mol. The van der Waals surface area contributed by atoms with Gasteiger partial charge in [-0.2, -0.15) is 0 Å². The minimum absolute atomic E-state index is 0.0266. The van der Waals surface area contributed by atoms with Gasteiger partial charge in [0.15, 0.2) is 6.61 Å². The number of hydrogen-bond acceptors (Lipinski definition) is 3. The molecule has 0 aliphatic carbocycles. The highest BCUT2D eigenvalue weighted by molar-refractivity contribution is 7.10. The van der Waals surface area contributed by atoms with Crippen LogP contribution < -0.4 is 4.74 Å². The van der Waals surface area contributed by atoms with E-state index in [1.54, 1.807) is 17.4 Å². The van der Waals surface area contributed by atoms with Gasteiger partial charge in [0.1, 0.15) is 5.75 Å². The molecule has 3 nitrogen and oxygen atoms in total. The first-order valence-electron chi connectivity index (χ1n) is 7.31. The number of halogens is 1. The van der Waals surface area contributed by atoms with E-state index >= 15 is 0 Å². The summed E-state index contributed by atoms with van der Waals surface area (Å²) in [5.41, 5.74) is 2.21. The summed E-state index contributed by atoms with van der Waals surface area (Å²) >= 11 is 7.70. The minimum atomic E-state index is 0.0266. The molecule has 1 aromatic heterocycles. The zero-order chi connectivity index (χ0) is 15.7. The normalized spacial score (nSPS) is 17.2. The van der Waals surface area contributed by atoms with E-state index in [0.29, 0.717) is 10.8 Å². The van der Waals surface area contributed by atoms with E-state index in [2.05, 4.69) is 18.4 Å². The van der Waals surface area contributed by atoms with Gasteiger partial charge in [-0.25, -0.2) is 0 Å². The van der Waals surface area contributed by atoms with E-state index in [1.807, 2.05) is 24.0 Å². The van der Waals surface area contributed by atoms with Crippen LogP contribution >= 0.6 is 22.9 Å². The van der Waals surface area contributed by atoms with Crippen LogP contribution in [0.3, 0.4) is 0 Å². The third-order valence-corrected chi connectivity index (χ3v) is 5.32. The number of thiophene rings is 1. The monoisotopic (exact) mass is 335 g/mol. The molecule has 1 aromatic carbocycles. The average Bonchev–Trinajstić information content (AvgIpc) is 2.96. The molecule has 2 heterocycles. The van der Waals surface area contributed by atoms with E-state index in [4.69, 9.17) is 16.3 Å². The molecule has 0 saturated carbocycles. The molecule has 1 aliphatic heterocycles. The molecular weight excluding hydrogens is 318 g/mol. The lowest BCUT2D eigenvalue weighted by Crippen LogP contribution is -2.40. The Kier molecular flexibility index (Phi) is 4.41. The van der Waals surface area contributed by atoms with E-state index in [-0.39, 0.29) is 18.6 Å². The van der Waals surface area contributed by atoms with Gasteiger partial charge >= 0.3 is 0 Å². The van der Waals surface area contributed by atoms with E-state index < -0.39 is 0 Å². The number of fused-ring (bicyclic) bond motifs is 1.